The van der Waals surface area contributed by atoms with E-state index in [1.54, 1.807) is 10.4 Å². The molecule has 8 nitrogen and oxygen atoms in total. The predicted octanol–water partition coefficient (Wildman–Crippen LogP) is 2.27. The summed E-state index contributed by atoms with van der Waals surface area (Å²) in [6.45, 7) is 3.96. The molecule has 2 aliphatic rings. The molecular formula is C21H28N6O2S. The number of hydrogen-bond donors (Lipinski definition) is 0. The maximum atomic E-state index is 12.8. The molecule has 0 bridgehead atoms. The van der Waals surface area contributed by atoms with Gasteiger partial charge in [0, 0.05) is 65.1 Å². The van der Waals surface area contributed by atoms with Crippen LogP contribution in [0.2, 0.25) is 0 Å². The number of rotatable bonds is 4. The van der Waals surface area contributed by atoms with E-state index in [1.807, 2.05) is 43.9 Å². The van der Waals surface area contributed by atoms with Crippen LogP contribution in [0.5, 0.6) is 0 Å². The zero-order valence-corrected chi connectivity index (χ0v) is 18.8. The number of thiazole rings is 1. The zero-order chi connectivity index (χ0) is 21.4. The molecule has 2 fully saturated rings. The van der Waals surface area contributed by atoms with Crippen LogP contribution in [0.15, 0.2) is 11.6 Å². The average molecular weight is 429 g/mol. The second-order valence-electron chi connectivity index (χ2n) is 8.41. The average Bonchev–Trinajstić information content (AvgIpc) is 3.32. The van der Waals surface area contributed by atoms with Gasteiger partial charge in [-0.05, 0) is 19.8 Å². The maximum Gasteiger partial charge on any atom is 0.265 e. The first-order chi connectivity index (χ1) is 14.3. The molecule has 30 heavy (non-hydrogen) atoms. The van der Waals surface area contributed by atoms with E-state index >= 15 is 0 Å². The van der Waals surface area contributed by atoms with Gasteiger partial charge < -0.3 is 14.7 Å². The van der Waals surface area contributed by atoms with Crippen LogP contribution in [0.4, 0.5) is 5.82 Å². The quantitative estimate of drug-likeness (QED) is 0.743. The maximum absolute atomic E-state index is 12.8. The molecule has 2 aromatic rings. The van der Waals surface area contributed by atoms with E-state index in [9.17, 15) is 9.59 Å². The summed E-state index contributed by atoms with van der Waals surface area (Å²) in [6, 6.07) is 2.01. The molecule has 0 N–H and O–H groups in total. The van der Waals surface area contributed by atoms with Crippen molar-refractivity contribution in [1.29, 1.82) is 0 Å². The minimum Gasteiger partial charge on any atom is -0.363 e. The summed E-state index contributed by atoms with van der Waals surface area (Å²) < 4.78 is 0. The van der Waals surface area contributed by atoms with Crippen LogP contribution >= 0.6 is 11.3 Å². The molecule has 160 valence electrons. The highest BCUT2D eigenvalue weighted by molar-refractivity contribution is 7.11. The van der Waals surface area contributed by atoms with Crippen molar-refractivity contribution in [3.8, 4) is 0 Å². The molecule has 2 amide bonds. The summed E-state index contributed by atoms with van der Waals surface area (Å²) in [5.74, 6) is 2.26. The lowest BCUT2D eigenvalue weighted by Crippen LogP contribution is -2.38. The standard InChI is InChI=1S/C21H28N6O2S/c1-13-19(30-12-22-13)21(29)27-7-5-14(6-8-27)20-23-16(10-17(24-20)25(2)3)15-9-18(28)26(4)11-15/h10,12,14-15H,5-9,11H2,1-4H3/t15-/m0/s1. The van der Waals surface area contributed by atoms with E-state index < -0.39 is 0 Å². The number of aromatic nitrogens is 3. The number of amides is 2. The Morgan fingerprint density at radius 1 is 1.20 bits per heavy atom. The summed E-state index contributed by atoms with van der Waals surface area (Å²) in [4.78, 5) is 45.1. The lowest BCUT2D eigenvalue weighted by Gasteiger charge is -2.31. The third kappa shape index (κ3) is 4.03. The first-order valence-corrected chi connectivity index (χ1v) is 11.2. The van der Waals surface area contributed by atoms with Gasteiger partial charge in [0.15, 0.2) is 0 Å². The minimum atomic E-state index is 0.0737. The fraction of sp³-hybridized carbons (Fsp3) is 0.571. The Balaban J connectivity index is 1.51. The molecule has 9 heteroatoms. The monoisotopic (exact) mass is 428 g/mol. The number of likely N-dealkylation sites (tertiary alicyclic amines) is 2. The van der Waals surface area contributed by atoms with Crippen LogP contribution in [-0.2, 0) is 4.79 Å². The van der Waals surface area contributed by atoms with Crippen molar-refractivity contribution in [3.63, 3.8) is 0 Å². The molecule has 4 rings (SSSR count). The fourth-order valence-electron chi connectivity index (χ4n) is 4.15. The second kappa shape index (κ2) is 8.29. The first kappa shape index (κ1) is 20.7. The molecule has 0 aliphatic carbocycles. The summed E-state index contributed by atoms with van der Waals surface area (Å²) >= 11 is 1.41. The Hall–Kier alpha value is -2.55. The second-order valence-corrected chi connectivity index (χ2v) is 9.27. The molecule has 2 aromatic heterocycles. The van der Waals surface area contributed by atoms with E-state index in [-0.39, 0.29) is 23.7 Å². The third-order valence-corrected chi connectivity index (χ3v) is 6.97. The van der Waals surface area contributed by atoms with E-state index in [0.717, 1.165) is 40.7 Å². The topological polar surface area (TPSA) is 82.5 Å². The van der Waals surface area contributed by atoms with Gasteiger partial charge >= 0.3 is 0 Å². The van der Waals surface area contributed by atoms with Gasteiger partial charge in [0.2, 0.25) is 5.91 Å². The highest BCUT2D eigenvalue weighted by Crippen LogP contribution is 2.32. The van der Waals surface area contributed by atoms with Crippen molar-refractivity contribution >= 4 is 29.0 Å². The number of piperidine rings is 1. The number of likely N-dealkylation sites (N-methyl/N-ethyl adjacent to an activating group) is 1. The molecule has 2 saturated heterocycles. The molecule has 0 radical (unpaired) electrons. The molecule has 0 unspecified atom stereocenters. The zero-order valence-electron chi connectivity index (χ0n) is 18.0. The molecule has 2 aliphatic heterocycles. The Kier molecular flexibility index (Phi) is 5.73. The summed E-state index contributed by atoms with van der Waals surface area (Å²) in [5.41, 5.74) is 3.47. The van der Waals surface area contributed by atoms with Crippen LogP contribution in [-0.4, -0.2) is 77.3 Å². The van der Waals surface area contributed by atoms with Gasteiger partial charge in [-0.2, -0.15) is 0 Å². The number of anilines is 1. The number of aryl methyl sites for hydroxylation is 1. The normalized spacial score (nSPS) is 20.1. The SMILES string of the molecule is Cc1ncsc1C(=O)N1CCC(c2nc([C@H]3CC(=O)N(C)C3)cc(N(C)C)n2)CC1. The van der Waals surface area contributed by atoms with Crippen LogP contribution in [0, 0.1) is 6.92 Å². The van der Waals surface area contributed by atoms with E-state index in [0.29, 0.717) is 26.1 Å². The minimum absolute atomic E-state index is 0.0737. The van der Waals surface area contributed by atoms with Gasteiger partial charge in [-0.1, -0.05) is 0 Å². The number of carbonyl (C=O) groups is 2. The van der Waals surface area contributed by atoms with E-state index in [1.165, 1.54) is 11.3 Å². The van der Waals surface area contributed by atoms with Crippen LogP contribution in [0.25, 0.3) is 0 Å². The largest absolute Gasteiger partial charge is 0.363 e. The van der Waals surface area contributed by atoms with Crippen molar-refractivity contribution < 1.29 is 9.59 Å². The van der Waals surface area contributed by atoms with Gasteiger partial charge in [-0.3, -0.25) is 9.59 Å². The number of carbonyl (C=O) groups excluding carboxylic acids is 2. The Bertz CT molecular complexity index is 951. The smallest absolute Gasteiger partial charge is 0.265 e. The van der Waals surface area contributed by atoms with Crippen LogP contribution in [0.3, 0.4) is 0 Å². The Labute approximate surface area is 180 Å². The lowest BCUT2D eigenvalue weighted by atomic mass is 9.95. The van der Waals surface area contributed by atoms with E-state index in [2.05, 4.69) is 4.98 Å². The summed E-state index contributed by atoms with van der Waals surface area (Å²) in [6.07, 6.45) is 2.17. The van der Waals surface area contributed by atoms with Gasteiger partial charge in [0.05, 0.1) is 16.9 Å². The molecule has 1 atom stereocenters. The van der Waals surface area contributed by atoms with Crippen molar-refractivity contribution in [2.24, 2.45) is 0 Å². The molecule has 4 heterocycles. The fourth-order valence-corrected chi connectivity index (χ4v) is 4.91. The Morgan fingerprint density at radius 3 is 2.50 bits per heavy atom. The van der Waals surface area contributed by atoms with Gasteiger partial charge in [-0.25, -0.2) is 15.0 Å². The van der Waals surface area contributed by atoms with Crippen LogP contribution < -0.4 is 4.90 Å². The molecule has 0 spiro atoms. The highest BCUT2D eigenvalue weighted by atomic mass is 32.1. The summed E-state index contributed by atoms with van der Waals surface area (Å²) in [5, 5.41) is 0. The van der Waals surface area contributed by atoms with Gasteiger partial charge in [-0.15, -0.1) is 11.3 Å². The van der Waals surface area contributed by atoms with Gasteiger partial charge in [0.1, 0.15) is 16.5 Å². The predicted molar refractivity (Wildman–Crippen MR) is 116 cm³/mol. The molecule has 0 aromatic carbocycles. The van der Waals surface area contributed by atoms with Crippen molar-refractivity contribution in [2.75, 3.05) is 45.7 Å². The Morgan fingerprint density at radius 2 is 1.93 bits per heavy atom. The van der Waals surface area contributed by atoms with Gasteiger partial charge in [0.25, 0.3) is 5.91 Å². The lowest BCUT2D eigenvalue weighted by molar-refractivity contribution is -0.126. The first-order valence-electron chi connectivity index (χ1n) is 10.3. The summed E-state index contributed by atoms with van der Waals surface area (Å²) in [7, 11) is 5.79. The number of nitrogens with zero attached hydrogens (tertiary/aromatic N) is 6. The van der Waals surface area contributed by atoms with Crippen LogP contribution in [0.1, 0.15) is 58.0 Å². The number of hydrogen-bond acceptors (Lipinski definition) is 7. The molecular weight excluding hydrogens is 400 g/mol. The van der Waals surface area contributed by atoms with E-state index in [4.69, 9.17) is 9.97 Å². The van der Waals surface area contributed by atoms with Crippen molar-refractivity contribution in [3.05, 3.63) is 33.7 Å². The highest BCUT2D eigenvalue weighted by Gasteiger charge is 2.32. The molecule has 0 saturated carbocycles. The van der Waals surface area contributed by atoms with Crippen molar-refractivity contribution in [1.82, 2.24) is 24.8 Å². The van der Waals surface area contributed by atoms with Crippen molar-refractivity contribution in [2.45, 2.75) is 38.0 Å². The third-order valence-electron chi connectivity index (χ3n) is 6.05.